The Morgan fingerprint density at radius 2 is 1.84 bits per heavy atom. The molecule has 4 aromatic rings. The van der Waals surface area contributed by atoms with E-state index >= 15 is 0 Å². The van der Waals surface area contributed by atoms with Crippen LogP contribution in [0.1, 0.15) is 40.0 Å². The molecule has 1 aliphatic rings. The molecule has 8 heteroatoms. The van der Waals surface area contributed by atoms with E-state index in [9.17, 15) is 18.7 Å². The van der Waals surface area contributed by atoms with E-state index in [2.05, 4.69) is 10.3 Å². The lowest BCUT2D eigenvalue weighted by Gasteiger charge is -2.21. The molecule has 1 amide bonds. The van der Waals surface area contributed by atoms with Gasteiger partial charge in [0.05, 0.1) is 17.7 Å². The fourth-order valence-electron chi connectivity index (χ4n) is 4.66. The van der Waals surface area contributed by atoms with E-state index in [0.29, 0.717) is 30.1 Å². The number of benzene rings is 3. The molecule has 194 valence electrons. The van der Waals surface area contributed by atoms with Gasteiger partial charge in [0.25, 0.3) is 5.91 Å². The van der Waals surface area contributed by atoms with Crippen molar-refractivity contribution >= 4 is 17.9 Å². The van der Waals surface area contributed by atoms with Crippen LogP contribution in [0.3, 0.4) is 0 Å². The summed E-state index contributed by atoms with van der Waals surface area (Å²) in [6.07, 6.45) is -0.417. The van der Waals surface area contributed by atoms with Crippen LogP contribution >= 0.6 is 11.9 Å². The third-order valence-corrected chi connectivity index (χ3v) is 7.65. The predicted molar refractivity (Wildman–Crippen MR) is 144 cm³/mol. The van der Waals surface area contributed by atoms with Crippen LogP contribution in [0.25, 0.3) is 11.1 Å². The van der Waals surface area contributed by atoms with Crippen molar-refractivity contribution in [2.75, 3.05) is 6.54 Å². The first-order valence-electron chi connectivity index (χ1n) is 12.4. The molecule has 0 saturated heterocycles. The Labute approximate surface area is 224 Å². The molecule has 2 atom stereocenters. The second-order valence-corrected chi connectivity index (χ2v) is 10.3. The molecule has 0 radical (unpaired) electrons. The maximum Gasteiger partial charge on any atom is 0.254 e. The predicted octanol–water partition coefficient (Wildman–Crippen LogP) is 5.94. The molecular weight excluding hydrogens is 504 g/mol. The van der Waals surface area contributed by atoms with Gasteiger partial charge in [0.1, 0.15) is 10.8 Å². The third kappa shape index (κ3) is 5.78. The Kier molecular flexibility index (Phi) is 7.83. The van der Waals surface area contributed by atoms with E-state index in [-0.39, 0.29) is 5.56 Å². The molecular formula is C30H27F2N3O2S. The average Bonchev–Trinajstić information content (AvgIpc) is 3.22. The van der Waals surface area contributed by atoms with Crippen LogP contribution < -0.4 is 5.32 Å². The zero-order chi connectivity index (χ0) is 26.6. The molecule has 1 aromatic heterocycles. The zero-order valence-electron chi connectivity index (χ0n) is 20.8. The number of aromatic nitrogens is 1. The monoisotopic (exact) mass is 531 g/mol. The lowest BCUT2D eigenvalue weighted by atomic mass is 10.0. The molecule has 1 aliphatic carbocycles. The number of hydrogen-bond donors (Lipinski definition) is 2. The molecule has 5 rings (SSSR count). The first-order chi connectivity index (χ1) is 18.4. The third-order valence-electron chi connectivity index (χ3n) is 6.59. The highest BCUT2D eigenvalue weighted by Crippen LogP contribution is 2.34. The van der Waals surface area contributed by atoms with E-state index < -0.39 is 29.8 Å². The van der Waals surface area contributed by atoms with Gasteiger partial charge in [-0.2, -0.15) is 4.39 Å². The van der Waals surface area contributed by atoms with Crippen molar-refractivity contribution in [3.05, 3.63) is 119 Å². The number of aliphatic hydroxyl groups excluding tert-OH is 1. The fraction of sp³-hybridized carbons (Fsp3) is 0.200. The molecule has 0 spiro atoms. The van der Waals surface area contributed by atoms with E-state index in [1.807, 2.05) is 59.8 Å². The molecule has 2 N–H and O–H groups in total. The molecule has 1 heterocycles. The molecule has 0 saturated carbocycles. The summed E-state index contributed by atoms with van der Waals surface area (Å²) < 4.78 is 30.5. The summed E-state index contributed by atoms with van der Waals surface area (Å²) in [7, 11) is 0. The second kappa shape index (κ2) is 11.4. The molecule has 5 nitrogen and oxygen atoms in total. The van der Waals surface area contributed by atoms with E-state index in [1.165, 1.54) is 30.1 Å². The highest BCUT2D eigenvalue weighted by atomic mass is 32.2. The number of nitrogens with one attached hydrogen (secondary N) is 1. The lowest BCUT2D eigenvalue weighted by molar-refractivity contribution is 0.0854. The number of amides is 1. The lowest BCUT2D eigenvalue weighted by Crippen LogP contribution is -2.34. The summed E-state index contributed by atoms with van der Waals surface area (Å²) in [6, 6.07) is 23.9. The van der Waals surface area contributed by atoms with Crippen LogP contribution in [0, 0.1) is 11.8 Å². The molecule has 0 bridgehead atoms. The Balaban J connectivity index is 1.31. The summed E-state index contributed by atoms with van der Waals surface area (Å²) in [5.41, 5.74) is 4.20. The molecule has 0 unspecified atom stereocenters. The summed E-state index contributed by atoms with van der Waals surface area (Å²) in [4.78, 5) is 17.0. The summed E-state index contributed by atoms with van der Waals surface area (Å²) in [5, 5.41) is 14.1. The maximum absolute atomic E-state index is 14.9. The summed E-state index contributed by atoms with van der Waals surface area (Å²) in [6.45, 7) is 3.25. The van der Waals surface area contributed by atoms with Crippen molar-refractivity contribution in [2.45, 2.75) is 37.1 Å². The Morgan fingerprint density at radius 3 is 2.58 bits per heavy atom. The number of pyridine rings is 1. The van der Waals surface area contributed by atoms with E-state index in [4.69, 9.17) is 0 Å². The number of carbonyl (C=O) groups excluding carboxylic acids is 1. The van der Waals surface area contributed by atoms with Crippen molar-refractivity contribution in [3.63, 3.8) is 0 Å². The molecule has 38 heavy (non-hydrogen) atoms. The molecule has 0 fully saturated rings. The van der Waals surface area contributed by atoms with Crippen LogP contribution in [-0.2, 0) is 13.0 Å². The number of nitrogens with zero attached hydrogens (tertiary/aromatic N) is 2. The van der Waals surface area contributed by atoms with Gasteiger partial charge in [0, 0.05) is 19.5 Å². The number of halogens is 2. The van der Waals surface area contributed by atoms with Crippen LogP contribution in [0.15, 0.2) is 90.0 Å². The van der Waals surface area contributed by atoms with Gasteiger partial charge in [0.2, 0.25) is 5.95 Å². The van der Waals surface area contributed by atoms with Gasteiger partial charge in [-0.05, 0) is 64.0 Å². The van der Waals surface area contributed by atoms with E-state index in [0.717, 1.165) is 22.3 Å². The van der Waals surface area contributed by atoms with Gasteiger partial charge in [-0.3, -0.25) is 4.79 Å². The van der Waals surface area contributed by atoms with Gasteiger partial charge >= 0.3 is 0 Å². The number of fused-ring (bicyclic) bond motifs is 1. The van der Waals surface area contributed by atoms with Crippen LogP contribution in [-0.4, -0.2) is 33.0 Å². The minimum Gasteiger partial charge on any atom is -0.390 e. The van der Waals surface area contributed by atoms with Crippen molar-refractivity contribution in [2.24, 2.45) is 0 Å². The first kappa shape index (κ1) is 26.0. The minimum atomic E-state index is -0.816. The van der Waals surface area contributed by atoms with Crippen LogP contribution in [0.4, 0.5) is 8.78 Å². The minimum absolute atomic E-state index is 0.0716. The smallest absolute Gasteiger partial charge is 0.254 e. The number of rotatable bonds is 8. The number of hydrogen-bond acceptors (Lipinski definition) is 5. The molecule has 3 aromatic carbocycles. The summed E-state index contributed by atoms with van der Waals surface area (Å²) in [5.74, 6) is -1.72. The topological polar surface area (TPSA) is 65.5 Å². The average molecular weight is 532 g/mol. The van der Waals surface area contributed by atoms with E-state index in [1.54, 1.807) is 18.2 Å². The highest BCUT2D eigenvalue weighted by Gasteiger charge is 2.33. The van der Waals surface area contributed by atoms with Crippen molar-refractivity contribution in [3.8, 4) is 11.1 Å². The van der Waals surface area contributed by atoms with Gasteiger partial charge in [-0.25, -0.2) is 13.7 Å². The maximum atomic E-state index is 14.9. The van der Waals surface area contributed by atoms with Gasteiger partial charge in [0.15, 0.2) is 0 Å². The van der Waals surface area contributed by atoms with Crippen molar-refractivity contribution in [1.82, 2.24) is 14.6 Å². The van der Waals surface area contributed by atoms with Crippen molar-refractivity contribution < 1.29 is 18.7 Å². The second-order valence-electron chi connectivity index (χ2n) is 9.16. The van der Waals surface area contributed by atoms with Crippen molar-refractivity contribution in [1.29, 1.82) is 0 Å². The standard InChI is InChI=1S/C30H27F2N3O2S/c1-2-35(38-28-10-6-9-27(32)33-28)18-19-11-12-22-17-26(36)29(24(22)15-19)34-30(37)23-14-13-21(16-25(23)31)20-7-4-3-5-8-20/h3-16,26,29,36H,2,17-18H2,1H3,(H,34,37)/t26-,29-/m1/s1. The van der Waals surface area contributed by atoms with Crippen LogP contribution in [0.2, 0.25) is 0 Å². The SMILES string of the molecule is CCN(Cc1ccc2c(c1)[C@@H](NC(=O)c1ccc(-c3ccccc3)cc1F)[C@H](O)C2)Sc1cccc(F)n1. The van der Waals surface area contributed by atoms with Gasteiger partial charge in [-0.15, -0.1) is 0 Å². The Bertz CT molecular complexity index is 1450. The Morgan fingerprint density at radius 1 is 1.03 bits per heavy atom. The normalized spacial score (nSPS) is 16.4. The first-order valence-corrected chi connectivity index (χ1v) is 13.2. The highest BCUT2D eigenvalue weighted by molar-refractivity contribution is 7.96. The largest absolute Gasteiger partial charge is 0.390 e. The summed E-state index contributed by atoms with van der Waals surface area (Å²) >= 11 is 1.36. The van der Waals surface area contributed by atoms with Crippen LogP contribution in [0.5, 0.6) is 0 Å². The number of aliphatic hydroxyl groups is 1. The zero-order valence-corrected chi connectivity index (χ0v) is 21.6. The van der Waals surface area contributed by atoms with Gasteiger partial charge < -0.3 is 10.4 Å². The molecule has 0 aliphatic heterocycles. The Hall–Kier alpha value is -3.59. The van der Waals surface area contributed by atoms with Gasteiger partial charge in [-0.1, -0.05) is 67.6 Å². The quantitative estimate of drug-likeness (QED) is 0.218. The fourth-order valence-corrected chi connectivity index (χ4v) is 5.53. The number of carbonyl (C=O) groups is 1.